The molecule has 0 aliphatic heterocycles. The van der Waals surface area contributed by atoms with E-state index in [2.05, 4.69) is 13.8 Å². The fourth-order valence-electron chi connectivity index (χ4n) is 0.728. The van der Waals surface area contributed by atoms with Crippen LogP contribution in [0, 0.1) is 12.8 Å². The lowest BCUT2D eigenvalue weighted by Gasteiger charge is -2.16. The van der Waals surface area contributed by atoms with Gasteiger partial charge in [0.25, 0.3) is 0 Å². The van der Waals surface area contributed by atoms with Crippen molar-refractivity contribution in [3.05, 3.63) is 6.92 Å². The van der Waals surface area contributed by atoms with E-state index in [0.29, 0.717) is 5.92 Å². The van der Waals surface area contributed by atoms with Gasteiger partial charge in [0.15, 0.2) is 6.29 Å². The average molecular weight is 145 g/mol. The Balaban J connectivity index is 3.41. The molecule has 0 spiro atoms. The van der Waals surface area contributed by atoms with Gasteiger partial charge < -0.3 is 9.47 Å². The second-order valence-electron chi connectivity index (χ2n) is 2.41. The molecule has 0 bridgehead atoms. The van der Waals surface area contributed by atoms with Crippen LogP contribution < -0.4 is 0 Å². The van der Waals surface area contributed by atoms with Gasteiger partial charge in [-0.3, -0.25) is 0 Å². The molecule has 2 heteroatoms. The molecule has 10 heavy (non-hydrogen) atoms. The van der Waals surface area contributed by atoms with E-state index in [0.717, 1.165) is 12.8 Å². The maximum Gasteiger partial charge on any atom is 0.157 e. The molecule has 0 heterocycles. The first-order valence-electron chi connectivity index (χ1n) is 3.63. The maximum atomic E-state index is 5.01. The number of ether oxygens (including phenoxy) is 2. The van der Waals surface area contributed by atoms with Gasteiger partial charge in [-0.05, 0) is 5.92 Å². The largest absolute Gasteiger partial charge is 0.356 e. The van der Waals surface area contributed by atoms with Crippen LogP contribution in [0.4, 0.5) is 0 Å². The zero-order chi connectivity index (χ0) is 7.98. The third-order valence-electron chi connectivity index (χ3n) is 1.63. The minimum atomic E-state index is -0.0811. The summed E-state index contributed by atoms with van der Waals surface area (Å²) in [5, 5.41) is 0. The SMILES string of the molecule is [CH2]C(CC)CC(OC)OC. The van der Waals surface area contributed by atoms with E-state index in [-0.39, 0.29) is 6.29 Å². The molecule has 1 radical (unpaired) electrons. The molecule has 0 N–H and O–H groups in total. The van der Waals surface area contributed by atoms with Crippen LogP contribution in [0.25, 0.3) is 0 Å². The van der Waals surface area contributed by atoms with E-state index in [1.165, 1.54) is 0 Å². The molecule has 0 aromatic rings. The third-order valence-corrected chi connectivity index (χ3v) is 1.63. The molecular formula is C8H17O2. The topological polar surface area (TPSA) is 18.5 Å². The third kappa shape index (κ3) is 3.85. The van der Waals surface area contributed by atoms with Crippen LogP contribution in [0.15, 0.2) is 0 Å². The number of hydrogen-bond acceptors (Lipinski definition) is 2. The molecule has 0 saturated heterocycles. The molecular weight excluding hydrogens is 128 g/mol. The van der Waals surface area contributed by atoms with Gasteiger partial charge in [-0.15, -0.1) is 0 Å². The molecule has 2 nitrogen and oxygen atoms in total. The van der Waals surface area contributed by atoms with Crippen LogP contribution in [0.2, 0.25) is 0 Å². The number of hydrogen-bond donors (Lipinski definition) is 0. The monoisotopic (exact) mass is 145 g/mol. The van der Waals surface area contributed by atoms with Crippen molar-refractivity contribution in [3.63, 3.8) is 0 Å². The van der Waals surface area contributed by atoms with E-state index in [4.69, 9.17) is 9.47 Å². The number of rotatable bonds is 5. The van der Waals surface area contributed by atoms with Crippen LogP contribution >= 0.6 is 0 Å². The van der Waals surface area contributed by atoms with Gasteiger partial charge >= 0.3 is 0 Å². The summed E-state index contributed by atoms with van der Waals surface area (Å²) >= 11 is 0. The van der Waals surface area contributed by atoms with Crippen molar-refractivity contribution in [2.75, 3.05) is 14.2 Å². The van der Waals surface area contributed by atoms with Gasteiger partial charge in [-0.2, -0.15) is 0 Å². The predicted octanol–water partition coefficient (Wildman–Crippen LogP) is 1.86. The smallest absolute Gasteiger partial charge is 0.157 e. The van der Waals surface area contributed by atoms with Crippen LogP contribution in [0.3, 0.4) is 0 Å². The van der Waals surface area contributed by atoms with Crippen LogP contribution in [-0.2, 0) is 9.47 Å². The Hall–Kier alpha value is -0.0800. The van der Waals surface area contributed by atoms with Gasteiger partial charge in [-0.25, -0.2) is 0 Å². The fraction of sp³-hybridized carbons (Fsp3) is 0.875. The van der Waals surface area contributed by atoms with E-state index in [9.17, 15) is 0 Å². The fourth-order valence-corrected chi connectivity index (χ4v) is 0.728. The molecule has 0 fully saturated rings. The predicted molar refractivity (Wildman–Crippen MR) is 41.6 cm³/mol. The Morgan fingerprint density at radius 3 is 2.10 bits per heavy atom. The van der Waals surface area contributed by atoms with Crippen molar-refractivity contribution >= 4 is 0 Å². The second kappa shape index (κ2) is 5.69. The van der Waals surface area contributed by atoms with Crippen molar-refractivity contribution in [1.29, 1.82) is 0 Å². The normalized spacial score (nSPS) is 14.1. The maximum absolute atomic E-state index is 5.01. The highest BCUT2D eigenvalue weighted by molar-refractivity contribution is 4.60. The minimum Gasteiger partial charge on any atom is -0.356 e. The quantitative estimate of drug-likeness (QED) is 0.550. The van der Waals surface area contributed by atoms with Crippen LogP contribution in [0.5, 0.6) is 0 Å². The summed E-state index contributed by atoms with van der Waals surface area (Å²) in [6.45, 7) is 6.04. The van der Waals surface area contributed by atoms with E-state index >= 15 is 0 Å². The Morgan fingerprint density at radius 1 is 1.30 bits per heavy atom. The highest BCUT2D eigenvalue weighted by Gasteiger charge is 2.08. The van der Waals surface area contributed by atoms with Gasteiger partial charge in [0.05, 0.1) is 0 Å². The summed E-state index contributed by atoms with van der Waals surface area (Å²) in [6.07, 6.45) is 1.87. The molecule has 0 aliphatic carbocycles. The lowest BCUT2D eigenvalue weighted by molar-refractivity contribution is -0.111. The summed E-state index contributed by atoms with van der Waals surface area (Å²) in [7, 11) is 3.30. The summed E-state index contributed by atoms with van der Waals surface area (Å²) in [4.78, 5) is 0. The molecule has 0 rings (SSSR count). The minimum absolute atomic E-state index is 0.0811. The van der Waals surface area contributed by atoms with E-state index < -0.39 is 0 Å². The van der Waals surface area contributed by atoms with Gasteiger partial charge in [0, 0.05) is 20.6 Å². The summed E-state index contributed by atoms with van der Waals surface area (Å²) in [5.74, 6) is 0.435. The summed E-state index contributed by atoms with van der Waals surface area (Å²) in [5.41, 5.74) is 0. The van der Waals surface area contributed by atoms with Crippen molar-refractivity contribution in [3.8, 4) is 0 Å². The van der Waals surface area contributed by atoms with E-state index in [1.54, 1.807) is 14.2 Å². The summed E-state index contributed by atoms with van der Waals surface area (Å²) < 4.78 is 10.0. The van der Waals surface area contributed by atoms with Crippen molar-refractivity contribution in [2.24, 2.45) is 5.92 Å². The zero-order valence-electron chi connectivity index (χ0n) is 7.09. The molecule has 0 amide bonds. The standard InChI is InChI=1S/C8H17O2/c1-5-7(2)6-8(9-3)10-4/h7-8H,2,5-6H2,1,3-4H3. The average Bonchev–Trinajstić information content (AvgIpc) is 1.99. The highest BCUT2D eigenvalue weighted by Crippen LogP contribution is 2.11. The first kappa shape index (κ1) is 9.92. The van der Waals surface area contributed by atoms with Crippen LogP contribution in [0.1, 0.15) is 19.8 Å². The zero-order valence-corrected chi connectivity index (χ0v) is 7.09. The summed E-state index contributed by atoms with van der Waals surface area (Å²) in [6, 6.07) is 0. The highest BCUT2D eigenvalue weighted by atomic mass is 16.7. The van der Waals surface area contributed by atoms with Crippen LogP contribution in [-0.4, -0.2) is 20.5 Å². The lowest BCUT2D eigenvalue weighted by Crippen LogP contribution is -2.16. The Kier molecular flexibility index (Phi) is 5.64. The van der Waals surface area contributed by atoms with Gasteiger partial charge in [0.1, 0.15) is 0 Å². The molecule has 0 aromatic heterocycles. The van der Waals surface area contributed by atoms with Gasteiger partial charge in [0.2, 0.25) is 0 Å². The molecule has 0 saturated carbocycles. The molecule has 1 unspecified atom stereocenters. The van der Waals surface area contributed by atoms with E-state index in [1.807, 2.05) is 0 Å². The first-order valence-corrected chi connectivity index (χ1v) is 3.63. The molecule has 0 aliphatic rings. The lowest BCUT2D eigenvalue weighted by atomic mass is 10.1. The first-order chi connectivity index (χ1) is 4.74. The van der Waals surface area contributed by atoms with Crippen molar-refractivity contribution in [2.45, 2.75) is 26.1 Å². The molecule has 1 atom stereocenters. The number of methoxy groups -OCH3 is 2. The Morgan fingerprint density at radius 2 is 1.80 bits per heavy atom. The molecule has 61 valence electrons. The van der Waals surface area contributed by atoms with Crippen molar-refractivity contribution in [1.82, 2.24) is 0 Å². The van der Waals surface area contributed by atoms with Crippen molar-refractivity contribution < 1.29 is 9.47 Å². The Bertz CT molecular complexity index is 69.7. The Labute approximate surface area is 63.5 Å². The second-order valence-corrected chi connectivity index (χ2v) is 2.41. The van der Waals surface area contributed by atoms with Gasteiger partial charge in [-0.1, -0.05) is 20.3 Å². The molecule has 0 aromatic carbocycles.